The SMILES string of the molecule is COCOCCO[C@H]1[C@@H]2C=CC[C@H]3[C@@]2(CCOC(C)=O)CC(=O)C2=C(C)CCC[C@@]213. The number of carbonyl (C=O) groups excluding carboxylic acids is 2. The minimum atomic E-state index is -0.265. The maximum Gasteiger partial charge on any atom is 0.302 e. The van der Waals surface area contributed by atoms with E-state index < -0.39 is 0 Å². The summed E-state index contributed by atoms with van der Waals surface area (Å²) < 4.78 is 22.3. The molecule has 6 nitrogen and oxygen atoms in total. The fraction of sp³-hybridized carbons (Fsp3) is 0.750. The lowest BCUT2D eigenvalue weighted by Gasteiger charge is -2.52. The first-order chi connectivity index (χ1) is 14.5. The summed E-state index contributed by atoms with van der Waals surface area (Å²) in [6.07, 6.45) is 9.80. The highest BCUT2D eigenvalue weighted by Crippen LogP contribution is 2.73. The molecule has 0 heterocycles. The van der Waals surface area contributed by atoms with E-state index in [9.17, 15) is 9.59 Å². The number of allylic oxidation sites excluding steroid dienone is 2. The molecule has 166 valence electrons. The molecular formula is C24H34O6. The first kappa shape index (κ1) is 21.7. The van der Waals surface area contributed by atoms with E-state index >= 15 is 0 Å². The van der Waals surface area contributed by atoms with Gasteiger partial charge in [-0.2, -0.15) is 0 Å². The van der Waals surface area contributed by atoms with Crippen LogP contribution >= 0.6 is 0 Å². The standard InChI is InChI=1S/C24H34O6/c1-16-6-5-9-24-20-8-4-7-18(22(24)30-13-12-28-15-27-3)23(20,10-11-29-17(2)25)14-19(26)21(16)24/h4,7,18,20,22H,5-6,8-15H2,1-3H3/t18-,20-,22-,23-,24+/m0/s1. The van der Waals surface area contributed by atoms with Gasteiger partial charge in [-0.3, -0.25) is 9.59 Å². The van der Waals surface area contributed by atoms with Gasteiger partial charge in [-0.05, 0) is 50.4 Å². The lowest BCUT2D eigenvalue weighted by molar-refractivity contribution is -0.142. The first-order valence-electron chi connectivity index (χ1n) is 11.2. The predicted octanol–water partition coefficient (Wildman–Crippen LogP) is 3.60. The molecule has 0 saturated heterocycles. The van der Waals surface area contributed by atoms with Gasteiger partial charge in [0.05, 0.1) is 25.9 Å². The van der Waals surface area contributed by atoms with Gasteiger partial charge >= 0.3 is 5.97 Å². The molecule has 0 aliphatic heterocycles. The average Bonchev–Trinajstić information content (AvgIpc) is 2.80. The molecule has 1 spiro atoms. The van der Waals surface area contributed by atoms with Crippen LogP contribution in [0.2, 0.25) is 0 Å². The van der Waals surface area contributed by atoms with Crippen LogP contribution in [0.5, 0.6) is 0 Å². The Bertz CT molecular complexity index is 755. The van der Waals surface area contributed by atoms with Crippen molar-refractivity contribution in [3.05, 3.63) is 23.3 Å². The minimum absolute atomic E-state index is 0.0403. The smallest absolute Gasteiger partial charge is 0.302 e. The highest BCUT2D eigenvalue weighted by atomic mass is 16.7. The topological polar surface area (TPSA) is 71.1 Å². The Morgan fingerprint density at radius 3 is 2.87 bits per heavy atom. The van der Waals surface area contributed by atoms with Gasteiger partial charge in [0.1, 0.15) is 6.79 Å². The normalized spacial score (nSPS) is 36.8. The zero-order chi connectivity index (χ0) is 21.4. The first-order valence-corrected chi connectivity index (χ1v) is 11.2. The number of Topliss-reactive ketones (excluding diaryl/α,β-unsaturated/α-hetero) is 1. The molecule has 6 heteroatoms. The largest absolute Gasteiger partial charge is 0.466 e. The third-order valence-corrected chi connectivity index (χ3v) is 7.93. The van der Waals surface area contributed by atoms with E-state index in [0.29, 0.717) is 38.6 Å². The van der Waals surface area contributed by atoms with Crippen LogP contribution in [-0.2, 0) is 28.5 Å². The van der Waals surface area contributed by atoms with Crippen LogP contribution in [0.3, 0.4) is 0 Å². The highest BCUT2D eigenvalue weighted by Gasteiger charge is 2.72. The van der Waals surface area contributed by atoms with E-state index in [2.05, 4.69) is 19.1 Å². The molecule has 0 radical (unpaired) electrons. The lowest BCUT2D eigenvalue weighted by Crippen LogP contribution is -2.50. The minimum Gasteiger partial charge on any atom is -0.466 e. The molecule has 2 fully saturated rings. The summed E-state index contributed by atoms with van der Waals surface area (Å²) in [7, 11) is 1.61. The number of hydrogen-bond donors (Lipinski definition) is 0. The fourth-order valence-corrected chi connectivity index (χ4v) is 7.16. The quantitative estimate of drug-likeness (QED) is 0.247. The summed E-state index contributed by atoms with van der Waals surface area (Å²) >= 11 is 0. The van der Waals surface area contributed by atoms with Crippen molar-refractivity contribution < 1.29 is 28.5 Å². The van der Waals surface area contributed by atoms with E-state index in [1.165, 1.54) is 12.5 Å². The molecule has 4 rings (SSSR count). The maximum absolute atomic E-state index is 13.5. The molecule has 2 saturated carbocycles. The van der Waals surface area contributed by atoms with Gasteiger partial charge in [-0.1, -0.05) is 17.7 Å². The van der Waals surface area contributed by atoms with E-state index in [-0.39, 0.29) is 41.4 Å². The fourth-order valence-electron chi connectivity index (χ4n) is 7.16. The van der Waals surface area contributed by atoms with Crippen molar-refractivity contribution in [1.29, 1.82) is 0 Å². The van der Waals surface area contributed by atoms with Gasteiger partial charge in [0, 0.05) is 37.4 Å². The number of methoxy groups -OCH3 is 1. The predicted molar refractivity (Wildman–Crippen MR) is 111 cm³/mol. The van der Waals surface area contributed by atoms with Crippen LogP contribution in [0, 0.1) is 22.7 Å². The summed E-state index contributed by atoms with van der Waals surface area (Å²) in [5.74, 6) is 0.525. The second-order valence-electron chi connectivity index (χ2n) is 9.32. The Balaban J connectivity index is 1.69. The molecule has 0 amide bonds. The Labute approximate surface area is 179 Å². The second-order valence-corrected chi connectivity index (χ2v) is 9.32. The van der Waals surface area contributed by atoms with E-state index in [0.717, 1.165) is 31.3 Å². The number of ketones is 1. The second kappa shape index (κ2) is 8.56. The van der Waals surface area contributed by atoms with Crippen molar-refractivity contribution in [2.75, 3.05) is 33.7 Å². The lowest BCUT2D eigenvalue weighted by atomic mass is 9.51. The Morgan fingerprint density at radius 2 is 2.10 bits per heavy atom. The van der Waals surface area contributed by atoms with Crippen LogP contribution in [0.4, 0.5) is 0 Å². The Morgan fingerprint density at radius 1 is 1.27 bits per heavy atom. The third-order valence-electron chi connectivity index (χ3n) is 7.93. The van der Waals surface area contributed by atoms with Crippen molar-refractivity contribution in [2.24, 2.45) is 22.7 Å². The number of hydrogen-bond acceptors (Lipinski definition) is 6. The monoisotopic (exact) mass is 418 g/mol. The highest BCUT2D eigenvalue weighted by molar-refractivity contribution is 6.00. The number of carbonyl (C=O) groups is 2. The van der Waals surface area contributed by atoms with Crippen LogP contribution < -0.4 is 0 Å². The van der Waals surface area contributed by atoms with Gasteiger partial charge in [-0.25, -0.2) is 0 Å². The molecular weight excluding hydrogens is 384 g/mol. The molecule has 4 aliphatic carbocycles. The molecule has 0 unspecified atom stereocenters. The third kappa shape index (κ3) is 3.28. The van der Waals surface area contributed by atoms with Crippen molar-refractivity contribution in [3.8, 4) is 0 Å². The van der Waals surface area contributed by atoms with E-state index in [1.54, 1.807) is 7.11 Å². The summed E-state index contributed by atoms with van der Waals surface area (Å²) in [4.78, 5) is 24.9. The zero-order valence-electron chi connectivity index (χ0n) is 18.4. The molecule has 0 aromatic rings. The van der Waals surface area contributed by atoms with E-state index in [1.807, 2.05) is 0 Å². The molecule has 0 aromatic carbocycles. The summed E-state index contributed by atoms with van der Waals surface area (Å²) in [6.45, 7) is 5.13. The van der Waals surface area contributed by atoms with Crippen molar-refractivity contribution >= 4 is 11.8 Å². The van der Waals surface area contributed by atoms with Crippen LogP contribution in [0.25, 0.3) is 0 Å². The summed E-state index contributed by atoms with van der Waals surface area (Å²) in [5.41, 5.74) is 1.87. The number of rotatable bonds is 9. The van der Waals surface area contributed by atoms with Crippen LogP contribution in [0.15, 0.2) is 23.3 Å². The molecule has 4 bridgehead atoms. The summed E-state index contributed by atoms with van der Waals surface area (Å²) in [5, 5.41) is 0. The van der Waals surface area contributed by atoms with Crippen molar-refractivity contribution in [1.82, 2.24) is 0 Å². The van der Waals surface area contributed by atoms with Crippen molar-refractivity contribution in [2.45, 2.75) is 58.5 Å². The van der Waals surface area contributed by atoms with Gasteiger partial charge in [0.2, 0.25) is 0 Å². The molecule has 0 aromatic heterocycles. The molecule has 4 aliphatic rings. The Kier molecular flexibility index (Phi) is 6.20. The van der Waals surface area contributed by atoms with Gasteiger partial charge < -0.3 is 18.9 Å². The van der Waals surface area contributed by atoms with E-state index in [4.69, 9.17) is 18.9 Å². The van der Waals surface area contributed by atoms with Gasteiger partial charge in [-0.15, -0.1) is 0 Å². The van der Waals surface area contributed by atoms with Gasteiger partial charge in [0.15, 0.2) is 5.78 Å². The molecule has 30 heavy (non-hydrogen) atoms. The number of esters is 1. The molecule has 0 N–H and O–H groups in total. The zero-order valence-corrected chi connectivity index (χ0v) is 18.4. The summed E-state index contributed by atoms with van der Waals surface area (Å²) in [6, 6.07) is 0. The van der Waals surface area contributed by atoms with Crippen LogP contribution in [-0.4, -0.2) is 51.6 Å². The Hall–Kier alpha value is -1.50. The van der Waals surface area contributed by atoms with Gasteiger partial charge in [0.25, 0.3) is 0 Å². The van der Waals surface area contributed by atoms with Crippen molar-refractivity contribution in [3.63, 3.8) is 0 Å². The number of ether oxygens (including phenoxy) is 4. The average molecular weight is 419 g/mol. The molecule has 5 atom stereocenters. The maximum atomic E-state index is 13.5. The van der Waals surface area contributed by atoms with Crippen LogP contribution in [0.1, 0.15) is 52.4 Å².